The van der Waals surface area contributed by atoms with Gasteiger partial charge in [0.1, 0.15) is 5.69 Å². The van der Waals surface area contributed by atoms with Crippen molar-refractivity contribution in [2.24, 2.45) is 17.4 Å². The van der Waals surface area contributed by atoms with E-state index in [4.69, 9.17) is 11.5 Å². The van der Waals surface area contributed by atoms with Crippen molar-refractivity contribution in [2.75, 3.05) is 5.32 Å². The first-order valence-corrected chi connectivity index (χ1v) is 13.3. The standard InChI is InChI=1S/C31H29F3N6O/c32-31(33,34)29-16-28(40(39-29)25-9-2-5-20(13-25)18-36)30(41)38-24-8-3-7-23(14-24)26(15-27(37)21-10-11-21)22-6-1-4-19(12-22)17-35/h1-9,12-14,16,21,26-27H,10-11,15,18,36-37H2,(H,38,41)/t26?,27-/m0/s1. The molecule has 5 rings (SSSR count). The predicted molar refractivity (Wildman–Crippen MR) is 149 cm³/mol. The molecule has 0 radical (unpaired) electrons. The number of nitriles is 1. The second-order valence-electron chi connectivity index (χ2n) is 10.3. The Balaban J connectivity index is 1.47. The fraction of sp³-hybridized carbons (Fsp3) is 0.258. The van der Waals surface area contributed by atoms with Crippen LogP contribution >= 0.6 is 0 Å². The van der Waals surface area contributed by atoms with Crippen LogP contribution in [0.15, 0.2) is 78.9 Å². The fourth-order valence-electron chi connectivity index (χ4n) is 5.00. The number of benzene rings is 3. The highest BCUT2D eigenvalue weighted by molar-refractivity contribution is 6.03. The first-order chi connectivity index (χ1) is 19.7. The van der Waals surface area contributed by atoms with E-state index in [9.17, 15) is 23.2 Å². The average Bonchev–Trinajstić information content (AvgIpc) is 3.72. The minimum absolute atomic E-state index is 0.0246. The van der Waals surface area contributed by atoms with Crippen LogP contribution in [-0.4, -0.2) is 21.7 Å². The van der Waals surface area contributed by atoms with Crippen LogP contribution in [0.3, 0.4) is 0 Å². The number of aromatic nitrogens is 2. The molecule has 0 bridgehead atoms. The molecule has 1 aliphatic carbocycles. The molecule has 3 aromatic carbocycles. The zero-order chi connectivity index (χ0) is 29.1. The number of alkyl halides is 3. The van der Waals surface area contributed by atoms with E-state index in [1.165, 1.54) is 0 Å². The molecule has 1 fully saturated rings. The van der Waals surface area contributed by atoms with Crippen molar-refractivity contribution in [3.63, 3.8) is 0 Å². The third kappa shape index (κ3) is 6.48. The Bertz CT molecular complexity index is 1600. The topological polar surface area (TPSA) is 123 Å². The Kier molecular flexibility index (Phi) is 7.92. The number of carbonyl (C=O) groups is 1. The van der Waals surface area contributed by atoms with Crippen LogP contribution in [0.1, 0.15) is 63.6 Å². The number of anilines is 1. The Morgan fingerprint density at radius 3 is 2.44 bits per heavy atom. The maximum absolute atomic E-state index is 13.6. The summed E-state index contributed by atoms with van der Waals surface area (Å²) in [7, 11) is 0. The molecule has 7 nitrogen and oxygen atoms in total. The first-order valence-electron chi connectivity index (χ1n) is 13.3. The number of nitrogens with one attached hydrogen (secondary N) is 1. The third-order valence-corrected chi connectivity index (χ3v) is 7.32. The second kappa shape index (κ2) is 11.6. The van der Waals surface area contributed by atoms with Gasteiger partial charge in [-0.3, -0.25) is 4.79 Å². The SMILES string of the molecule is N#Cc1cccc(C(C[C@H](N)C2CC2)c2cccc(NC(=O)c3cc(C(F)(F)F)nn3-c3cccc(CN)c3)c2)c1. The second-order valence-corrected chi connectivity index (χ2v) is 10.3. The molecule has 1 aromatic heterocycles. The van der Waals surface area contributed by atoms with Gasteiger partial charge in [0.05, 0.1) is 17.3 Å². The van der Waals surface area contributed by atoms with Gasteiger partial charge in [-0.2, -0.15) is 23.5 Å². The molecule has 1 amide bonds. The summed E-state index contributed by atoms with van der Waals surface area (Å²) in [6.07, 6.45) is -1.92. The van der Waals surface area contributed by atoms with Crippen LogP contribution in [0.5, 0.6) is 0 Å². The summed E-state index contributed by atoms with van der Waals surface area (Å²) in [5.74, 6) is -0.432. The normalized spacial score (nSPS) is 14.7. The molecule has 5 N–H and O–H groups in total. The highest BCUT2D eigenvalue weighted by Crippen LogP contribution is 2.39. The highest BCUT2D eigenvalue weighted by atomic mass is 19.4. The fourth-order valence-corrected chi connectivity index (χ4v) is 5.00. The van der Waals surface area contributed by atoms with Gasteiger partial charge in [-0.25, -0.2) is 4.68 Å². The van der Waals surface area contributed by atoms with Gasteiger partial charge in [0.25, 0.3) is 5.91 Å². The molecule has 2 atom stereocenters. The number of halogens is 3. The van der Waals surface area contributed by atoms with E-state index in [1.54, 1.807) is 48.5 Å². The number of nitrogens with two attached hydrogens (primary N) is 2. The van der Waals surface area contributed by atoms with Crippen LogP contribution < -0.4 is 16.8 Å². The summed E-state index contributed by atoms with van der Waals surface area (Å²) in [5.41, 5.74) is 14.5. The monoisotopic (exact) mass is 558 g/mol. The van der Waals surface area contributed by atoms with Gasteiger partial charge in [-0.15, -0.1) is 0 Å². The molecule has 0 spiro atoms. The Hall–Kier alpha value is -4.46. The van der Waals surface area contributed by atoms with E-state index >= 15 is 0 Å². The van der Waals surface area contributed by atoms with Gasteiger partial charge in [0.2, 0.25) is 0 Å². The summed E-state index contributed by atoms with van der Waals surface area (Å²) in [4.78, 5) is 13.4. The van der Waals surface area contributed by atoms with Crippen molar-refractivity contribution in [1.29, 1.82) is 5.26 Å². The van der Waals surface area contributed by atoms with Crippen LogP contribution in [-0.2, 0) is 12.7 Å². The number of amides is 1. The molecule has 0 aliphatic heterocycles. The van der Waals surface area contributed by atoms with Crippen LogP contribution in [0.25, 0.3) is 5.69 Å². The Morgan fingerprint density at radius 1 is 1.05 bits per heavy atom. The molecule has 1 heterocycles. The third-order valence-electron chi connectivity index (χ3n) is 7.32. The first kappa shape index (κ1) is 28.1. The average molecular weight is 559 g/mol. The number of carbonyl (C=O) groups excluding carboxylic acids is 1. The molecule has 41 heavy (non-hydrogen) atoms. The minimum Gasteiger partial charge on any atom is -0.327 e. The maximum Gasteiger partial charge on any atom is 0.435 e. The van der Waals surface area contributed by atoms with Gasteiger partial charge in [0, 0.05) is 30.3 Å². The molecule has 1 unspecified atom stereocenters. The summed E-state index contributed by atoms with van der Waals surface area (Å²) in [5, 5.41) is 15.9. The summed E-state index contributed by atoms with van der Waals surface area (Å²) in [6, 6.07) is 23.9. The summed E-state index contributed by atoms with van der Waals surface area (Å²) >= 11 is 0. The predicted octanol–water partition coefficient (Wildman–Crippen LogP) is 5.73. The molecule has 4 aromatic rings. The molecule has 1 saturated carbocycles. The van der Waals surface area contributed by atoms with Gasteiger partial charge in [-0.05, 0) is 78.3 Å². The molecule has 210 valence electrons. The van der Waals surface area contributed by atoms with Crippen molar-refractivity contribution in [3.8, 4) is 11.8 Å². The van der Waals surface area contributed by atoms with E-state index in [2.05, 4.69) is 16.5 Å². The van der Waals surface area contributed by atoms with Gasteiger partial charge < -0.3 is 16.8 Å². The van der Waals surface area contributed by atoms with Crippen molar-refractivity contribution >= 4 is 11.6 Å². The number of hydrogen-bond acceptors (Lipinski definition) is 5. The maximum atomic E-state index is 13.6. The van der Waals surface area contributed by atoms with Crippen LogP contribution in [0, 0.1) is 17.2 Å². The molecular formula is C31H29F3N6O. The summed E-state index contributed by atoms with van der Waals surface area (Å²) < 4.78 is 41.8. The van der Waals surface area contributed by atoms with E-state index in [-0.39, 0.29) is 29.9 Å². The minimum atomic E-state index is -4.74. The van der Waals surface area contributed by atoms with Gasteiger partial charge >= 0.3 is 6.18 Å². The number of nitrogens with zero attached hydrogens (tertiary/aromatic N) is 3. The number of hydrogen-bond donors (Lipinski definition) is 3. The zero-order valence-electron chi connectivity index (χ0n) is 22.1. The highest BCUT2D eigenvalue weighted by Gasteiger charge is 2.36. The molecule has 0 saturated heterocycles. The van der Waals surface area contributed by atoms with E-state index in [0.29, 0.717) is 29.2 Å². The van der Waals surface area contributed by atoms with Crippen LogP contribution in [0.4, 0.5) is 18.9 Å². The quantitative estimate of drug-likeness (QED) is 0.242. The van der Waals surface area contributed by atoms with E-state index in [1.807, 2.05) is 24.3 Å². The van der Waals surface area contributed by atoms with Gasteiger partial charge in [-0.1, -0.05) is 36.4 Å². The van der Waals surface area contributed by atoms with Gasteiger partial charge in [0.15, 0.2) is 5.69 Å². The van der Waals surface area contributed by atoms with Crippen molar-refractivity contribution in [2.45, 2.75) is 43.9 Å². The molecule has 1 aliphatic rings. The van der Waals surface area contributed by atoms with Crippen molar-refractivity contribution in [1.82, 2.24) is 9.78 Å². The Labute approximate surface area is 235 Å². The zero-order valence-corrected chi connectivity index (χ0v) is 22.1. The smallest absolute Gasteiger partial charge is 0.327 e. The molecular weight excluding hydrogens is 529 g/mol. The largest absolute Gasteiger partial charge is 0.435 e. The van der Waals surface area contributed by atoms with Crippen molar-refractivity contribution < 1.29 is 18.0 Å². The lowest BCUT2D eigenvalue weighted by Gasteiger charge is -2.23. The lowest BCUT2D eigenvalue weighted by atomic mass is 9.84. The van der Waals surface area contributed by atoms with Crippen molar-refractivity contribution in [3.05, 3.63) is 113 Å². The number of rotatable bonds is 9. The lowest BCUT2D eigenvalue weighted by Crippen LogP contribution is -2.25. The Morgan fingerprint density at radius 2 is 1.76 bits per heavy atom. The van der Waals surface area contributed by atoms with Crippen LogP contribution in [0.2, 0.25) is 0 Å². The van der Waals surface area contributed by atoms with E-state index in [0.717, 1.165) is 34.7 Å². The summed E-state index contributed by atoms with van der Waals surface area (Å²) in [6.45, 7) is 0.179. The lowest BCUT2D eigenvalue weighted by molar-refractivity contribution is -0.141. The molecule has 10 heteroatoms. The van der Waals surface area contributed by atoms with E-state index < -0.39 is 17.8 Å².